The van der Waals surface area contributed by atoms with E-state index in [0.717, 1.165) is 12.4 Å². The summed E-state index contributed by atoms with van der Waals surface area (Å²) in [7, 11) is 0. The van der Waals surface area contributed by atoms with Gasteiger partial charge in [0.1, 0.15) is 6.33 Å². The molecule has 0 aliphatic heterocycles. The maximum Gasteiger partial charge on any atom is 0.223 e. The number of nitrogens with one attached hydrogen (secondary N) is 1. The number of carbonyl (C=O) groups excluding carboxylic acids is 1. The van der Waals surface area contributed by atoms with Crippen molar-refractivity contribution in [3.8, 4) is 0 Å². The molecule has 1 aromatic heterocycles. The van der Waals surface area contributed by atoms with E-state index in [1.807, 2.05) is 18.4 Å². The Morgan fingerprint density at radius 1 is 1.61 bits per heavy atom. The second-order valence-corrected chi connectivity index (χ2v) is 3.83. The molecule has 0 saturated heterocycles. The summed E-state index contributed by atoms with van der Waals surface area (Å²) < 4.78 is 7.20. The van der Waals surface area contributed by atoms with E-state index < -0.39 is 0 Å². The predicted molar refractivity (Wildman–Crippen MR) is 66.6 cm³/mol. The molecule has 7 nitrogen and oxygen atoms in total. The molecule has 0 bridgehead atoms. The molecule has 0 aliphatic carbocycles. The van der Waals surface area contributed by atoms with Crippen LogP contribution in [0.15, 0.2) is 6.33 Å². The Balaban J connectivity index is 2.36. The second kappa shape index (κ2) is 7.78. The van der Waals surface area contributed by atoms with Crippen LogP contribution < -0.4 is 11.1 Å². The van der Waals surface area contributed by atoms with Crippen molar-refractivity contribution >= 4 is 5.91 Å². The van der Waals surface area contributed by atoms with Crippen molar-refractivity contribution in [1.82, 2.24) is 20.1 Å². The summed E-state index contributed by atoms with van der Waals surface area (Å²) >= 11 is 0. The van der Waals surface area contributed by atoms with E-state index in [1.54, 1.807) is 6.33 Å². The van der Waals surface area contributed by atoms with Crippen LogP contribution in [-0.4, -0.2) is 39.9 Å². The van der Waals surface area contributed by atoms with Crippen LogP contribution in [0.4, 0.5) is 0 Å². The van der Waals surface area contributed by atoms with E-state index in [4.69, 9.17) is 10.5 Å². The fraction of sp³-hybridized carbons (Fsp3) is 0.727. The lowest BCUT2D eigenvalue weighted by Crippen LogP contribution is -2.33. The average Bonchev–Trinajstić information content (AvgIpc) is 2.83. The summed E-state index contributed by atoms with van der Waals surface area (Å²) in [5.74, 6) is 0.649. The van der Waals surface area contributed by atoms with Gasteiger partial charge in [-0.25, -0.2) is 0 Å². The molecule has 0 aromatic carbocycles. The smallest absolute Gasteiger partial charge is 0.223 e. The highest BCUT2D eigenvalue weighted by atomic mass is 16.5. The third-order valence-corrected chi connectivity index (χ3v) is 2.56. The van der Waals surface area contributed by atoms with E-state index in [0.29, 0.717) is 19.7 Å². The van der Waals surface area contributed by atoms with Crippen LogP contribution in [0.3, 0.4) is 0 Å². The van der Waals surface area contributed by atoms with Gasteiger partial charge in [-0.15, -0.1) is 10.2 Å². The number of nitrogens with zero attached hydrogens (tertiary/aromatic N) is 3. The molecule has 1 amide bonds. The fourth-order valence-electron chi connectivity index (χ4n) is 1.58. The molecule has 1 rings (SSSR count). The van der Waals surface area contributed by atoms with Crippen LogP contribution in [-0.2, 0) is 22.6 Å². The van der Waals surface area contributed by atoms with Crippen LogP contribution in [0, 0.1) is 0 Å². The highest BCUT2D eigenvalue weighted by molar-refractivity contribution is 5.76. The zero-order valence-electron chi connectivity index (χ0n) is 10.9. The number of rotatable bonds is 8. The SMILES string of the molecule is CCOC(CN)CC(=O)NCc1nncn1CC. The number of hydrogen-bond acceptors (Lipinski definition) is 5. The standard InChI is InChI=1S/C11H21N5O2/c1-3-16-8-14-15-10(16)7-13-11(17)5-9(6-12)18-4-2/h8-9H,3-7,12H2,1-2H3,(H,13,17). The fourth-order valence-corrected chi connectivity index (χ4v) is 1.58. The van der Waals surface area contributed by atoms with Crippen molar-refractivity contribution in [2.75, 3.05) is 13.2 Å². The molecule has 0 aliphatic rings. The third-order valence-electron chi connectivity index (χ3n) is 2.56. The summed E-state index contributed by atoms with van der Waals surface area (Å²) in [5.41, 5.74) is 5.51. The van der Waals surface area contributed by atoms with Gasteiger partial charge in [0.25, 0.3) is 0 Å². The number of hydrogen-bond donors (Lipinski definition) is 2. The molecule has 18 heavy (non-hydrogen) atoms. The average molecular weight is 255 g/mol. The number of amides is 1. The first-order valence-corrected chi connectivity index (χ1v) is 6.16. The number of nitrogens with two attached hydrogens (primary N) is 1. The molecule has 1 atom stereocenters. The molecule has 1 heterocycles. The minimum absolute atomic E-state index is 0.0930. The summed E-state index contributed by atoms with van der Waals surface area (Å²) in [6.07, 6.45) is 1.69. The first-order chi connectivity index (χ1) is 8.71. The number of carbonyl (C=O) groups is 1. The Kier molecular flexibility index (Phi) is 6.31. The lowest BCUT2D eigenvalue weighted by Gasteiger charge is -2.14. The van der Waals surface area contributed by atoms with Gasteiger partial charge in [0.15, 0.2) is 5.82 Å². The summed E-state index contributed by atoms with van der Waals surface area (Å²) in [6, 6.07) is 0. The Labute approximate surface area is 107 Å². The van der Waals surface area contributed by atoms with Gasteiger partial charge >= 0.3 is 0 Å². The maximum atomic E-state index is 11.7. The van der Waals surface area contributed by atoms with Crippen molar-refractivity contribution in [2.45, 2.75) is 39.5 Å². The highest BCUT2D eigenvalue weighted by Gasteiger charge is 2.12. The van der Waals surface area contributed by atoms with E-state index in [1.165, 1.54) is 0 Å². The highest BCUT2D eigenvalue weighted by Crippen LogP contribution is 1.98. The first kappa shape index (κ1) is 14.6. The van der Waals surface area contributed by atoms with Crippen LogP contribution >= 0.6 is 0 Å². The van der Waals surface area contributed by atoms with Gasteiger partial charge in [-0.3, -0.25) is 4.79 Å². The minimum Gasteiger partial charge on any atom is -0.377 e. The first-order valence-electron chi connectivity index (χ1n) is 6.16. The number of aryl methyl sites for hydroxylation is 1. The van der Waals surface area contributed by atoms with Crippen LogP contribution in [0.1, 0.15) is 26.1 Å². The topological polar surface area (TPSA) is 95.1 Å². The Morgan fingerprint density at radius 3 is 3.00 bits per heavy atom. The zero-order chi connectivity index (χ0) is 13.4. The van der Waals surface area contributed by atoms with Crippen molar-refractivity contribution in [2.24, 2.45) is 5.73 Å². The lowest BCUT2D eigenvalue weighted by molar-refractivity contribution is -0.123. The van der Waals surface area contributed by atoms with Gasteiger partial charge < -0.3 is 20.4 Å². The van der Waals surface area contributed by atoms with Gasteiger partial charge in [-0.1, -0.05) is 0 Å². The third kappa shape index (κ3) is 4.42. The van der Waals surface area contributed by atoms with E-state index >= 15 is 0 Å². The molecule has 0 spiro atoms. The summed E-state index contributed by atoms with van der Waals surface area (Å²) in [4.78, 5) is 11.7. The number of ether oxygens (including phenoxy) is 1. The Bertz CT molecular complexity index is 366. The predicted octanol–water partition coefficient (Wildman–Crippen LogP) is -0.332. The van der Waals surface area contributed by atoms with Crippen LogP contribution in [0.5, 0.6) is 0 Å². The van der Waals surface area contributed by atoms with E-state index in [9.17, 15) is 4.79 Å². The molecule has 7 heteroatoms. The molecule has 102 valence electrons. The Morgan fingerprint density at radius 2 is 2.39 bits per heavy atom. The van der Waals surface area contributed by atoms with Crippen LogP contribution in [0.25, 0.3) is 0 Å². The van der Waals surface area contributed by atoms with E-state index in [2.05, 4.69) is 15.5 Å². The van der Waals surface area contributed by atoms with Crippen LogP contribution in [0.2, 0.25) is 0 Å². The monoisotopic (exact) mass is 255 g/mol. The molecule has 1 unspecified atom stereocenters. The second-order valence-electron chi connectivity index (χ2n) is 3.83. The van der Waals surface area contributed by atoms with Crippen molar-refractivity contribution in [1.29, 1.82) is 0 Å². The quantitative estimate of drug-likeness (QED) is 0.663. The largest absolute Gasteiger partial charge is 0.377 e. The summed E-state index contributed by atoms with van der Waals surface area (Å²) in [5, 5.41) is 10.5. The van der Waals surface area contributed by atoms with Crippen molar-refractivity contribution in [3.05, 3.63) is 12.2 Å². The van der Waals surface area contributed by atoms with Gasteiger partial charge in [-0.05, 0) is 13.8 Å². The molecule has 0 radical (unpaired) electrons. The molecule has 0 saturated carbocycles. The molecular weight excluding hydrogens is 234 g/mol. The van der Waals surface area contributed by atoms with Crippen molar-refractivity contribution < 1.29 is 9.53 Å². The normalized spacial score (nSPS) is 12.4. The molecule has 0 fully saturated rings. The molecule has 1 aromatic rings. The van der Waals surface area contributed by atoms with Gasteiger partial charge in [-0.2, -0.15) is 0 Å². The molecule has 3 N–H and O–H groups in total. The maximum absolute atomic E-state index is 11.7. The number of aromatic nitrogens is 3. The summed E-state index contributed by atoms with van der Waals surface area (Å²) in [6.45, 7) is 5.92. The van der Waals surface area contributed by atoms with E-state index in [-0.39, 0.29) is 18.4 Å². The van der Waals surface area contributed by atoms with Gasteiger partial charge in [0.05, 0.1) is 19.1 Å². The minimum atomic E-state index is -0.223. The van der Waals surface area contributed by atoms with Gasteiger partial charge in [0, 0.05) is 19.7 Å². The Hall–Kier alpha value is -1.47. The lowest BCUT2D eigenvalue weighted by atomic mass is 10.2. The van der Waals surface area contributed by atoms with Crippen molar-refractivity contribution in [3.63, 3.8) is 0 Å². The zero-order valence-corrected chi connectivity index (χ0v) is 10.9. The molecular formula is C11H21N5O2. The van der Waals surface area contributed by atoms with Gasteiger partial charge in [0.2, 0.25) is 5.91 Å².